The molecule has 0 saturated carbocycles. The SMILES string of the molecule is COc1ccc(SCCCOc2cccc3occc(=O)c23)cc1. The minimum atomic E-state index is -0.0838. The Morgan fingerprint density at radius 1 is 1.08 bits per heavy atom. The number of thioether (sulfide) groups is 1. The summed E-state index contributed by atoms with van der Waals surface area (Å²) in [4.78, 5) is 13.2. The largest absolute Gasteiger partial charge is 0.497 e. The summed E-state index contributed by atoms with van der Waals surface area (Å²) in [6.07, 6.45) is 2.28. The van der Waals surface area contributed by atoms with E-state index < -0.39 is 0 Å². The quantitative estimate of drug-likeness (QED) is 0.471. The molecule has 24 heavy (non-hydrogen) atoms. The number of methoxy groups -OCH3 is 1. The van der Waals surface area contributed by atoms with Gasteiger partial charge in [0.05, 0.1) is 20.0 Å². The fourth-order valence-electron chi connectivity index (χ4n) is 2.33. The van der Waals surface area contributed by atoms with E-state index in [9.17, 15) is 4.79 Å². The highest BCUT2D eigenvalue weighted by atomic mass is 32.2. The van der Waals surface area contributed by atoms with E-state index in [0.29, 0.717) is 23.3 Å². The standard InChI is InChI=1S/C19H18O4S/c1-21-14-6-8-15(9-7-14)24-13-3-11-22-17-4-2-5-18-19(17)16(20)10-12-23-18/h2,4-10,12H,3,11,13H2,1H3. The van der Waals surface area contributed by atoms with E-state index in [-0.39, 0.29) is 5.43 Å². The first kappa shape index (κ1) is 16.5. The summed E-state index contributed by atoms with van der Waals surface area (Å²) in [7, 11) is 1.66. The van der Waals surface area contributed by atoms with Crippen molar-refractivity contribution in [1.82, 2.24) is 0 Å². The van der Waals surface area contributed by atoms with Gasteiger partial charge < -0.3 is 13.9 Å². The molecule has 0 aliphatic carbocycles. The summed E-state index contributed by atoms with van der Waals surface area (Å²) in [5.74, 6) is 2.37. The number of hydrogen-bond donors (Lipinski definition) is 0. The molecule has 0 amide bonds. The molecule has 3 aromatic rings. The van der Waals surface area contributed by atoms with Crippen LogP contribution in [-0.4, -0.2) is 19.5 Å². The van der Waals surface area contributed by atoms with Crippen LogP contribution in [0.15, 0.2) is 68.9 Å². The van der Waals surface area contributed by atoms with Crippen molar-refractivity contribution < 1.29 is 13.9 Å². The van der Waals surface area contributed by atoms with Gasteiger partial charge in [0.15, 0.2) is 5.43 Å². The Hall–Kier alpha value is -2.40. The zero-order chi connectivity index (χ0) is 16.8. The monoisotopic (exact) mass is 342 g/mol. The Morgan fingerprint density at radius 3 is 2.71 bits per heavy atom. The maximum absolute atomic E-state index is 12.0. The Morgan fingerprint density at radius 2 is 1.92 bits per heavy atom. The van der Waals surface area contributed by atoms with Crippen LogP contribution in [0.2, 0.25) is 0 Å². The summed E-state index contributed by atoms with van der Waals surface area (Å²) in [6, 6.07) is 14.8. The highest BCUT2D eigenvalue weighted by molar-refractivity contribution is 7.99. The minimum absolute atomic E-state index is 0.0838. The number of benzene rings is 2. The minimum Gasteiger partial charge on any atom is -0.497 e. The third-order valence-corrected chi connectivity index (χ3v) is 4.62. The van der Waals surface area contributed by atoms with Crippen molar-refractivity contribution in [1.29, 1.82) is 0 Å². The van der Waals surface area contributed by atoms with Gasteiger partial charge in [-0.1, -0.05) is 6.07 Å². The number of hydrogen-bond acceptors (Lipinski definition) is 5. The van der Waals surface area contributed by atoms with Gasteiger partial charge in [0, 0.05) is 16.7 Å². The van der Waals surface area contributed by atoms with Crippen LogP contribution < -0.4 is 14.9 Å². The summed E-state index contributed by atoms with van der Waals surface area (Å²) >= 11 is 1.77. The molecule has 0 spiro atoms. The molecule has 0 aliphatic rings. The first-order chi connectivity index (χ1) is 11.8. The maximum atomic E-state index is 12.0. The number of fused-ring (bicyclic) bond motifs is 1. The molecule has 0 aliphatic heterocycles. The molecule has 0 bridgehead atoms. The molecule has 1 heterocycles. The van der Waals surface area contributed by atoms with E-state index in [1.54, 1.807) is 31.0 Å². The molecule has 0 fully saturated rings. The summed E-state index contributed by atoms with van der Waals surface area (Å²) in [6.45, 7) is 0.552. The predicted octanol–water partition coefficient (Wildman–Crippen LogP) is 4.36. The van der Waals surface area contributed by atoms with Crippen LogP contribution in [-0.2, 0) is 0 Å². The molecule has 0 N–H and O–H groups in total. The first-order valence-corrected chi connectivity index (χ1v) is 8.66. The molecule has 0 unspecified atom stereocenters. The lowest BCUT2D eigenvalue weighted by Gasteiger charge is -2.08. The molecule has 0 saturated heterocycles. The zero-order valence-corrected chi connectivity index (χ0v) is 14.2. The van der Waals surface area contributed by atoms with Gasteiger partial charge in [-0.2, -0.15) is 0 Å². The van der Waals surface area contributed by atoms with Crippen molar-refractivity contribution in [2.45, 2.75) is 11.3 Å². The van der Waals surface area contributed by atoms with E-state index in [4.69, 9.17) is 13.9 Å². The van der Waals surface area contributed by atoms with Gasteiger partial charge in [-0.25, -0.2) is 0 Å². The van der Waals surface area contributed by atoms with Gasteiger partial charge in [-0.15, -0.1) is 11.8 Å². The van der Waals surface area contributed by atoms with E-state index in [1.165, 1.54) is 17.2 Å². The normalized spacial score (nSPS) is 10.7. The third kappa shape index (κ3) is 3.92. The lowest BCUT2D eigenvalue weighted by molar-refractivity contribution is 0.322. The molecule has 2 aromatic carbocycles. The average molecular weight is 342 g/mol. The zero-order valence-electron chi connectivity index (χ0n) is 13.4. The molecule has 0 radical (unpaired) electrons. The lowest BCUT2D eigenvalue weighted by atomic mass is 10.2. The van der Waals surface area contributed by atoms with Crippen LogP contribution in [0.3, 0.4) is 0 Å². The molecule has 124 valence electrons. The number of rotatable bonds is 7. The van der Waals surface area contributed by atoms with Crippen LogP contribution in [0, 0.1) is 0 Å². The van der Waals surface area contributed by atoms with Crippen molar-refractivity contribution in [3.05, 3.63) is 65.0 Å². The van der Waals surface area contributed by atoms with Crippen molar-refractivity contribution in [2.24, 2.45) is 0 Å². The Bertz CT molecular complexity index is 850. The Labute approximate surface area is 144 Å². The molecule has 3 rings (SSSR count). The van der Waals surface area contributed by atoms with Crippen LogP contribution >= 0.6 is 11.8 Å². The van der Waals surface area contributed by atoms with Crippen LogP contribution in [0.5, 0.6) is 11.5 Å². The molecule has 0 atom stereocenters. The lowest BCUT2D eigenvalue weighted by Crippen LogP contribution is -2.04. The Balaban J connectivity index is 1.53. The van der Waals surface area contributed by atoms with E-state index in [1.807, 2.05) is 30.3 Å². The molecular formula is C19H18O4S. The fourth-order valence-corrected chi connectivity index (χ4v) is 3.15. The van der Waals surface area contributed by atoms with Crippen LogP contribution in [0.25, 0.3) is 11.0 Å². The van der Waals surface area contributed by atoms with Crippen molar-refractivity contribution in [2.75, 3.05) is 19.5 Å². The van der Waals surface area contributed by atoms with Crippen molar-refractivity contribution in [3.8, 4) is 11.5 Å². The maximum Gasteiger partial charge on any atom is 0.196 e. The van der Waals surface area contributed by atoms with Gasteiger partial charge in [-0.3, -0.25) is 4.79 Å². The van der Waals surface area contributed by atoms with Gasteiger partial charge in [0.25, 0.3) is 0 Å². The molecule has 4 nitrogen and oxygen atoms in total. The van der Waals surface area contributed by atoms with Gasteiger partial charge in [-0.05, 0) is 42.8 Å². The van der Waals surface area contributed by atoms with Gasteiger partial charge >= 0.3 is 0 Å². The van der Waals surface area contributed by atoms with Crippen LogP contribution in [0.1, 0.15) is 6.42 Å². The second kappa shape index (κ2) is 7.93. The van der Waals surface area contributed by atoms with Gasteiger partial charge in [0.2, 0.25) is 0 Å². The smallest absolute Gasteiger partial charge is 0.196 e. The molecule has 5 heteroatoms. The second-order valence-corrected chi connectivity index (χ2v) is 6.31. The topological polar surface area (TPSA) is 48.7 Å². The number of ether oxygens (including phenoxy) is 2. The summed E-state index contributed by atoms with van der Waals surface area (Å²) in [5.41, 5.74) is 0.465. The highest BCUT2D eigenvalue weighted by Crippen LogP contribution is 2.24. The third-order valence-electron chi connectivity index (χ3n) is 3.52. The van der Waals surface area contributed by atoms with Crippen molar-refractivity contribution >= 4 is 22.7 Å². The van der Waals surface area contributed by atoms with Crippen LogP contribution in [0.4, 0.5) is 0 Å². The van der Waals surface area contributed by atoms with E-state index >= 15 is 0 Å². The Kier molecular flexibility index (Phi) is 5.43. The fraction of sp³-hybridized carbons (Fsp3) is 0.211. The first-order valence-electron chi connectivity index (χ1n) is 7.68. The van der Waals surface area contributed by atoms with E-state index in [2.05, 4.69) is 0 Å². The van der Waals surface area contributed by atoms with Crippen molar-refractivity contribution in [3.63, 3.8) is 0 Å². The van der Waals surface area contributed by atoms with E-state index in [0.717, 1.165) is 17.9 Å². The summed E-state index contributed by atoms with van der Waals surface area (Å²) < 4.78 is 16.3. The highest BCUT2D eigenvalue weighted by Gasteiger charge is 2.07. The second-order valence-electron chi connectivity index (χ2n) is 5.14. The predicted molar refractivity (Wildman–Crippen MR) is 96.3 cm³/mol. The van der Waals surface area contributed by atoms with Gasteiger partial charge in [0.1, 0.15) is 22.5 Å². The average Bonchev–Trinajstić information content (AvgIpc) is 2.62. The molecular weight excluding hydrogens is 324 g/mol. The molecule has 1 aromatic heterocycles. The summed E-state index contributed by atoms with van der Waals surface area (Å²) in [5, 5.41) is 0.503.